The molecule has 0 amide bonds. The summed E-state index contributed by atoms with van der Waals surface area (Å²) in [6, 6.07) is 66.0. The fourth-order valence-electron chi connectivity index (χ4n) is 7.48. The summed E-state index contributed by atoms with van der Waals surface area (Å²) in [4.78, 5) is 0. The third-order valence-corrected chi connectivity index (χ3v) is 14.3. The molecule has 8 rings (SSSR count). The number of aromatic nitrogens is 1. The van der Waals surface area contributed by atoms with E-state index in [-0.39, 0.29) is 0 Å². The van der Waals surface area contributed by atoms with E-state index in [0.29, 0.717) is 16.7 Å². The van der Waals surface area contributed by atoms with Gasteiger partial charge in [-0.1, -0.05) is 152 Å². The lowest BCUT2D eigenvalue weighted by Crippen LogP contribution is -2.75. The Morgan fingerprint density at radius 3 is 1.29 bits per heavy atom. The van der Waals surface area contributed by atoms with E-state index in [2.05, 4.69) is 150 Å². The fraction of sp³-hybridized carbons (Fsp3) is 0. The summed E-state index contributed by atoms with van der Waals surface area (Å²) in [7, 11) is -2.96. The van der Waals surface area contributed by atoms with E-state index in [1.807, 2.05) is 42.5 Å². The zero-order valence-electron chi connectivity index (χ0n) is 26.1. The molecule has 0 spiro atoms. The normalized spacial score (nSPS) is 11.3. The zero-order chi connectivity index (χ0) is 32.5. The largest absolute Gasteiger partial charge is 0.309 e. The van der Waals surface area contributed by atoms with E-state index in [4.69, 9.17) is 0 Å². The van der Waals surface area contributed by atoms with Crippen LogP contribution in [0.25, 0.3) is 38.6 Å². The van der Waals surface area contributed by atoms with Crippen LogP contribution in [0.15, 0.2) is 176 Å². The summed E-state index contributed by atoms with van der Waals surface area (Å²) >= 11 is 0. The van der Waals surface area contributed by atoms with Crippen molar-refractivity contribution in [2.24, 2.45) is 0 Å². The summed E-state index contributed by atoms with van der Waals surface area (Å²) in [6.45, 7) is 0. The summed E-state index contributed by atoms with van der Waals surface area (Å²) in [5.41, 5.74) is 5.36. The smallest absolute Gasteiger partial charge is 0.180 e. The second kappa shape index (κ2) is 12.0. The Hall–Kier alpha value is -6.46. The van der Waals surface area contributed by atoms with E-state index in [0.717, 1.165) is 38.2 Å². The van der Waals surface area contributed by atoms with Crippen LogP contribution in [0.2, 0.25) is 0 Å². The third-order valence-electron chi connectivity index (χ3n) is 9.42. The Morgan fingerprint density at radius 2 is 0.833 bits per heavy atom. The Morgan fingerprint density at radius 1 is 0.438 bits per heavy atom. The standard InChI is InChI=1S/C44H29N3Si/c45-30-32-28-34(47-41-25-13-10-22-38(41)39-23-11-14-26-42(39)47)29-33(31-46)44(32)40-24-12-15-27-43(40)48(35-16-4-1-5-17-35,36-18-6-2-7-19-36)37-20-8-3-9-21-37/h1-29H. The second-order valence-electron chi connectivity index (χ2n) is 11.9. The molecule has 224 valence electrons. The van der Waals surface area contributed by atoms with Crippen molar-refractivity contribution in [3.05, 3.63) is 187 Å². The number of nitrogens with zero attached hydrogens (tertiary/aromatic N) is 3. The van der Waals surface area contributed by atoms with Crippen molar-refractivity contribution in [1.82, 2.24) is 4.57 Å². The zero-order valence-corrected chi connectivity index (χ0v) is 27.1. The molecule has 0 aliphatic heterocycles. The van der Waals surface area contributed by atoms with Gasteiger partial charge in [-0.25, -0.2) is 0 Å². The van der Waals surface area contributed by atoms with Crippen LogP contribution >= 0.6 is 0 Å². The van der Waals surface area contributed by atoms with E-state index in [9.17, 15) is 10.5 Å². The summed E-state index contributed by atoms with van der Waals surface area (Å²) in [5.74, 6) is 0. The minimum atomic E-state index is -2.96. The van der Waals surface area contributed by atoms with Crippen LogP contribution < -0.4 is 20.7 Å². The van der Waals surface area contributed by atoms with Gasteiger partial charge in [0.25, 0.3) is 0 Å². The Bertz CT molecular complexity index is 2340. The van der Waals surface area contributed by atoms with Gasteiger partial charge in [-0.2, -0.15) is 10.5 Å². The van der Waals surface area contributed by atoms with Gasteiger partial charge in [0.05, 0.1) is 34.3 Å². The first-order valence-electron chi connectivity index (χ1n) is 16.0. The molecule has 7 aromatic carbocycles. The maximum Gasteiger partial charge on any atom is 0.180 e. The molecule has 0 aliphatic rings. The highest BCUT2D eigenvalue weighted by Gasteiger charge is 2.43. The van der Waals surface area contributed by atoms with Gasteiger partial charge < -0.3 is 4.57 Å². The van der Waals surface area contributed by atoms with E-state index >= 15 is 0 Å². The number of benzene rings is 7. The van der Waals surface area contributed by atoms with Gasteiger partial charge in [0.1, 0.15) is 0 Å². The highest BCUT2D eigenvalue weighted by molar-refractivity contribution is 7.20. The molecule has 0 atom stereocenters. The van der Waals surface area contributed by atoms with E-state index in [1.54, 1.807) is 0 Å². The predicted octanol–water partition coefficient (Wildman–Crippen LogP) is 7.57. The average molecular weight is 628 g/mol. The van der Waals surface area contributed by atoms with Gasteiger partial charge in [-0.15, -0.1) is 0 Å². The van der Waals surface area contributed by atoms with Crippen molar-refractivity contribution in [2.75, 3.05) is 0 Å². The maximum absolute atomic E-state index is 10.8. The first-order chi connectivity index (χ1) is 23.8. The minimum absolute atomic E-state index is 0.468. The second-order valence-corrected chi connectivity index (χ2v) is 15.7. The SMILES string of the molecule is N#Cc1cc(-n2c3ccccc3c3ccccc32)cc(C#N)c1-c1ccccc1[Si](c1ccccc1)(c1ccccc1)c1ccccc1. The molecular weight excluding hydrogens is 599 g/mol. The molecule has 0 fully saturated rings. The first-order valence-corrected chi connectivity index (χ1v) is 18.0. The lowest BCUT2D eigenvalue weighted by molar-refractivity contribution is 1.17. The van der Waals surface area contributed by atoms with Crippen molar-refractivity contribution in [3.63, 3.8) is 0 Å². The molecule has 0 saturated heterocycles. The fourth-order valence-corrected chi connectivity index (χ4v) is 12.5. The van der Waals surface area contributed by atoms with Gasteiger partial charge in [0.2, 0.25) is 0 Å². The molecule has 8 aromatic rings. The van der Waals surface area contributed by atoms with Gasteiger partial charge in [0.15, 0.2) is 8.07 Å². The van der Waals surface area contributed by atoms with Gasteiger partial charge >= 0.3 is 0 Å². The van der Waals surface area contributed by atoms with Crippen molar-refractivity contribution in [2.45, 2.75) is 0 Å². The highest BCUT2D eigenvalue weighted by atomic mass is 28.3. The topological polar surface area (TPSA) is 52.5 Å². The van der Waals surface area contributed by atoms with Gasteiger partial charge in [-0.3, -0.25) is 0 Å². The minimum Gasteiger partial charge on any atom is -0.309 e. The van der Waals surface area contributed by atoms with Crippen LogP contribution in [-0.2, 0) is 0 Å². The van der Waals surface area contributed by atoms with Crippen LogP contribution in [0.1, 0.15) is 11.1 Å². The maximum atomic E-state index is 10.8. The quantitative estimate of drug-likeness (QED) is 0.141. The predicted molar refractivity (Wildman–Crippen MR) is 199 cm³/mol. The van der Waals surface area contributed by atoms with Gasteiger partial charge in [0, 0.05) is 22.0 Å². The summed E-state index contributed by atoms with van der Waals surface area (Å²) < 4.78 is 2.17. The molecule has 0 N–H and O–H groups in total. The first kappa shape index (κ1) is 29.0. The van der Waals surface area contributed by atoms with Gasteiger partial charge in [-0.05, 0) is 50.6 Å². The average Bonchev–Trinajstić information content (AvgIpc) is 3.50. The summed E-state index contributed by atoms with van der Waals surface area (Å²) in [6.07, 6.45) is 0. The molecule has 0 saturated carbocycles. The number of rotatable bonds is 6. The Labute approximate surface area is 280 Å². The molecule has 1 aromatic heterocycles. The molecule has 0 aliphatic carbocycles. The highest BCUT2D eigenvalue weighted by Crippen LogP contribution is 2.35. The molecule has 0 bridgehead atoms. The van der Waals surface area contributed by atoms with Crippen LogP contribution in [0.4, 0.5) is 0 Å². The van der Waals surface area contributed by atoms with Crippen molar-refractivity contribution >= 4 is 50.6 Å². The van der Waals surface area contributed by atoms with Crippen LogP contribution in [0, 0.1) is 22.7 Å². The lowest BCUT2D eigenvalue weighted by atomic mass is 9.94. The molecule has 1 heterocycles. The monoisotopic (exact) mass is 627 g/mol. The molecule has 0 unspecified atom stereocenters. The molecule has 3 nitrogen and oxygen atoms in total. The van der Waals surface area contributed by atoms with Crippen molar-refractivity contribution in [1.29, 1.82) is 10.5 Å². The number of nitriles is 2. The lowest BCUT2D eigenvalue weighted by Gasteiger charge is -2.36. The molecule has 4 heteroatoms. The number of hydrogen-bond acceptors (Lipinski definition) is 2. The Kier molecular flexibility index (Phi) is 7.27. The van der Waals surface area contributed by atoms with Crippen LogP contribution in [0.3, 0.4) is 0 Å². The molecular formula is C44H29N3Si. The molecule has 48 heavy (non-hydrogen) atoms. The van der Waals surface area contributed by atoms with Crippen molar-refractivity contribution < 1.29 is 0 Å². The molecule has 0 radical (unpaired) electrons. The number of hydrogen-bond donors (Lipinski definition) is 0. The third kappa shape index (κ3) is 4.48. The van der Waals surface area contributed by atoms with E-state index < -0.39 is 8.07 Å². The summed E-state index contributed by atoms with van der Waals surface area (Å²) in [5, 5.41) is 28.8. The number of para-hydroxylation sites is 2. The number of fused-ring (bicyclic) bond motifs is 3. The Balaban J connectivity index is 1.46. The van der Waals surface area contributed by atoms with Crippen molar-refractivity contribution in [3.8, 4) is 29.0 Å². The van der Waals surface area contributed by atoms with E-state index in [1.165, 1.54) is 15.6 Å². The van der Waals surface area contributed by atoms with Crippen LogP contribution in [-0.4, -0.2) is 12.6 Å². The van der Waals surface area contributed by atoms with Crippen LogP contribution in [0.5, 0.6) is 0 Å².